The molecule has 0 amide bonds. The van der Waals surface area contributed by atoms with Crippen LogP contribution in [0.5, 0.6) is 0 Å². The summed E-state index contributed by atoms with van der Waals surface area (Å²) in [6.07, 6.45) is 41.8. The summed E-state index contributed by atoms with van der Waals surface area (Å²) in [5.41, 5.74) is 0. The van der Waals surface area contributed by atoms with Gasteiger partial charge >= 0.3 is 5.97 Å². The summed E-state index contributed by atoms with van der Waals surface area (Å²) in [5, 5.41) is 3.59. The van der Waals surface area contributed by atoms with Gasteiger partial charge in [-0.05, 0) is 77.3 Å². The molecule has 0 aliphatic rings. The van der Waals surface area contributed by atoms with Gasteiger partial charge in [0.15, 0.2) is 0 Å². The molecular weight excluding hydrogens is 466 g/mol. The lowest BCUT2D eigenvalue weighted by molar-refractivity contribution is -0.142. The maximum atomic E-state index is 11.8. The Morgan fingerprint density at radius 1 is 0.526 bits per heavy atom. The number of hydrogen-bond acceptors (Lipinski definition) is 3. The van der Waals surface area contributed by atoms with E-state index in [1.165, 1.54) is 116 Å². The van der Waals surface area contributed by atoms with Crippen LogP contribution in [0.4, 0.5) is 0 Å². The maximum Gasteiger partial charge on any atom is 0.306 e. The van der Waals surface area contributed by atoms with Gasteiger partial charge in [-0.1, -0.05) is 127 Å². The van der Waals surface area contributed by atoms with Crippen LogP contribution in [-0.4, -0.2) is 25.7 Å². The Bertz CT molecular complexity index is 552. The van der Waals surface area contributed by atoms with Gasteiger partial charge in [0.05, 0.1) is 0 Å². The van der Waals surface area contributed by atoms with Gasteiger partial charge in [-0.25, -0.2) is 0 Å². The second kappa shape index (κ2) is 33.7. The molecule has 0 fully saturated rings. The fourth-order valence-electron chi connectivity index (χ4n) is 4.50. The average Bonchev–Trinajstić information content (AvgIpc) is 2.92. The van der Waals surface area contributed by atoms with Crippen LogP contribution in [-0.2, 0) is 9.53 Å². The SMILES string of the molecule is CCCCCC/C=C\C/C=C\CCCCCCCNCCCCCCCC(=O)OC/C=C\CCCCCC. The highest BCUT2D eigenvalue weighted by atomic mass is 16.5. The predicted octanol–water partition coefficient (Wildman–Crippen LogP) is 10.8. The van der Waals surface area contributed by atoms with Crippen molar-refractivity contribution in [2.45, 2.75) is 162 Å². The summed E-state index contributed by atoms with van der Waals surface area (Å²) in [6, 6.07) is 0. The van der Waals surface area contributed by atoms with Gasteiger partial charge < -0.3 is 10.1 Å². The first-order valence-corrected chi connectivity index (χ1v) is 16.6. The normalized spacial score (nSPS) is 11.9. The molecule has 0 aromatic carbocycles. The van der Waals surface area contributed by atoms with Crippen molar-refractivity contribution in [2.75, 3.05) is 19.7 Å². The Morgan fingerprint density at radius 2 is 0.974 bits per heavy atom. The van der Waals surface area contributed by atoms with E-state index in [9.17, 15) is 4.79 Å². The van der Waals surface area contributed by atoms with E-state index in [1.807, 2.05) is 6.08 Å². The molecule has 0 rings (SSSR count). The quantitative estimate of drug-likeness (QED) is 0.0569. The van der Waals surface area contributed by atoms with Crippen LogP contribution in [0.3, 0.4) is 0 Å². The van der Waals surface area contributed by atoms with Crippen LogP contribution < -0.4 is 5.32 Å². The standard InChI is InChI=1S/C35H65NO2/c1-3-5-7-9-11-12-13-14-15-16-17-18-19-20-24-28-32-36-33-29-25-22-23-27-31-35(37)38-34-30-26-21-10-8-6-4-2/h12-13,15-16,26,30,36H,3-11,14,17-25,27-29,31-34H2,1-2H3/b13-12-,16-15-,30-26-. The highest BCUT2D eigenvalue weighted by molar-refractivity contribution is 5.69. The van der Waals surface area contributed by atoms with Gasteiger partial charge in [0.2, 0.25) is 0 Å². The second-order valence-corrected chi connectivity index (χ2v) is 10.9. The highest BCUT2D eigenvalue weighted by Gasteiger charge is 2.01. The maximum absolute atomic E-state index is 11.8. The molecule has 0 saturated heterocycles. The Labute approximate surface area is 238 Å². The molecule has 0 unspecified atom stereocenters. The number of carbonyl (C=O) groups excluding carboxylic acids is 1. The summed E-state index contributed by atoms with van der Waals surface area (Å²) in [7, 11) is 0. The molecule has 0 aromatic heterocycles. The molecule has 0 bridgehead atoms. The zero-order chi connectivity index (χ0) is 27.6. The summed E-state index contributed by atoms with van der Waals surface area (Å²) < 4.78 is 5.28. The summed E-state index contributed by atoms with van der Waals surface area (Å²) in [5.74, 6) is -0.0463. The molecule has 222 valence electrons. The van der Waals surface area contributed by atoms with E-state index in [2.05, 4.69) is 49.5 Å². The highest BCUT2D eigenvalue weighted by Crippen LogP contribution is 2.08. The number of nitrogens with one attached hydrogen (secondary N) is 1. The van der Waals surface area contributed by atoms with Gasteiger partial charge in [-0.3, -0.25) is 4.79 Å². The van der Waals surface area contributed by atoms with Gasteiger partial charge in [0.25, 0.3) is 0 Å². The van der Waals surface area contributed by atoms with Crippen molar-refractivity contribution in [1.29, 1.82) is 0 Å². The van der Waals surface area contributed by atoms with E-state index >= 15 is 0 Å². The van der Waals surface area contributed by atoms with Crippen molar-refractivity contribution in [1.82, 2.24) is 5.32 Å². The first kappa shape index (κ1) is 36.6. The third-order valence-electron chi connectivity index (χ3n) is 7.02. The lowest BCUT2D eigenvalue weighted by Crippen LogP contribution is -2.16. The molecule has 0 saturated carbocycles. The van der Waals surface area contributed by atoms with Gasteiger partial charge in [-0.15, -0.1) is 0 Å². The van der Waals surface area contributed by atoms with Gasteiger partial charge in [0.1, 0.15) is 6.61 Å². The number of esters is 1. The van der Waals surface area contributed by atoms with Gasteiger partial charge in [-0.2, -0.15) is 0 Å². The largest absolute Gasteiger partial charge is 0.461 e. The Morgan fingerprint density at radius 3 is 1.53 bits per heavy atom. The molecular formula is C35H65NO2. The topological polar surface area (TPSA) is 38.3 Å². The fourth-order valence-corrected chi connectivity index (χ4v) is 4.50. The number of carbonyl (C=O) groups is 1. The fraction of sp³-hybridized carbons (Fsp3) is 0.800. The predicted molar refractivity (Wildman–Crippen MR) is 169 cm³/mol. The third-order valence-corrected chi connectivity index (χ3v) is 7.02. The Balaban J connectivity index is 3.23. The van der Waals surface area contributed by atoms with Crippen LogP contribution in [0.1, 0.15) is 162 Å². The number of unbranched alkanes of at least 4 members (excludes halogenated alkanes) is 17. The zero-order valence-corrected chi connectivity index (χ0v) is 25.7. The molecule has 0 atom stereocenters. The minimum atomic E-state index is -0.0463. The van der Waals surface area contributed by atoms with Crippen LogP contribution in [0.2, 0.25) is 0 Å². The number of allylic oxidation sites excluding steroid dienone is 5. The average molecular weight is 532 g/mol. The molecule has 0 spiro atoms. The lowest BCUT2D eigenvalue weighted by Gasteiger charge is -2.05. The second-order valence-electron chi connectivity index (χ2n) is 10.9. The molecule has 0 aromatic rings. The van der Waals surface area contributed by atoms with Crippen LogP contribution in [0, 0.1) is 0 Å². The van der Waals surface area contributed by atoms with Crippen molar-refractivity contribution in [3.63, 3.8) is 0 Å². The van der Waals surface area contributed by atoms with Crippen molar-refractivity contribution >= 4 is 5.97 Å². The molecule has 1 N–H and O–H groups in total. The minimum Gasteiger partial charge on any atom is -0.461 e. The van der Waals surface area contributed by atoms with Crippen molar-refractivity contribution in [2.24, 2.45) is 0 Å². The van der Waals surface area contributed by atoms with Gasteiger partial charge in [0, 0.05) is 6.42 Å². The van der Waals surface area contributed by atoms with Crippen molar-refractivity contribution in [3.05, 3.63) is 36.5 Å². The van der Waals surface area contributed by atoms with E-state index in [0.29, 0.717) is 13.0 Å². The summed E-state index contributed by atoms with van der Waals surface area (Å²) in [6.45, 7) is 7.22. The van der Waals surface area contributed by atoms with E-state index in [0.717, 1.165) is 38.8 Å². The molecule has 0 radical (unpaired) electrons. The number of rotatable bonds is 30. The molecule has 0 heterocycles. The van der Waals surface area contributed by atoms with Crippen molar-refractivity contribution < 1.29 is 9.53 Å². The van der Waals surface area contributed by atoms with E-state index in [4.69, 9.17) is 4.74 Å². The van der Waals surface area contributed by atoms with E-state index in [-0.39, 0.29) is 5.97 Å². The molecule has 38 heavy (non-hydrogen) atoms. The monoisotopic (exact) mass is 532 g/mol. The number of ether oxygens (including phenoxy) is 1. The third kappa shape index (κ3) is 32.7. The number of hydrogen-bond donors (Lipinski definition) is 1. The molecule has 3 nitrogen and oxygen atoms in total. The molecule has 3 heteroatoms. The lowest BCUT2D eigenvalue weighted by atomic mass is 10.1. The van der Waals surface area contributed by atoms with Crippen LogP contribution >= 0.6 is 0 Å². The Kier molecular flexibility index (Phi) is 32.5. The molecule has 0 aliphatic carbocycles. The first-order chi connectivity index (χ1) is 18.8. The van der Waals surface area contributed by atoms with Crippen LogP contribution in [0.25, 0.3) is 0 Å². The zero-order valence-electron chi connectivity index (χ0n) is 25.7. The summed E-state index contributed by atoms with van der Waals surface area (Å²) >= 11 is 0. The van der Waals surface area contributed by atoms with E-state index in [1.54, 1.807) is 0 Å². The van der Waals surface area contributed by atoms with E-state index < -0.39 is 0 Å². The summed E-state index contributed by atoms with van der Waals surface area (Å²) in [4.78, 5) is 11.8. The first-order valence-electron chi connectivity index (χ1n) is 16.6. The molecule has 0 aliphatic heterocycles. The van der Waals surface area contributed by atoms with Crippen LogP contribution in [0.15, 0.2) is 36.5 Å². The Hall–Kier alpha value is -1.35. The minimum absolute atomic E-state index is 0.0463. The smallest absolute Gasteiger partial charge is 0.306 e. The van der Waals surface area contributed by atoms with Crippen molar-refractivity contribution in [3.8, 4) is 0 Å².